The normalized spacial score (nSPS) is 16.1. The van der Waals surface area contributed by atoms with E-state index < -0.39 is 21.7 Å². The molecule has 28 heavy (non-hydrogen) atoms. The summed E-state index contributed by atoms with van der Waals surface area (Å²) in [5.41, 5.74) is -0.0204. The van der Waals surface area contributed by atoms with Crippen molar-refractivity contribution >= 4 is 44.8 Å². The molecular formula is C18H18Cl2FN3O3S. The van der Waals surface area contributed by atoms with Crippen LogP contribution in [0.25, 0.3) is 0 Å². The minimum absolute atomic E-state index is 0.125. The lowest BCUT2D eigenvalue weighted by atomic mass is 10.2. The van der Waals surface area contributed by atoms with E-state index in [1.165, 1.54) is 34.6 Å². The van der Waals surface area contributed by atoms with Gasteiger partial charge in [-0.1, -0.05) is 23.2 Å². The minimum atomic E-state index is -3.80. The van der Waals surface area contributed by atoms with Gasteiger partial charge in [-0.3, -0.25) is 4.79 Å². The number of anilines is 1. The highest BCUT2D eigenvalue weighted by Gasteiger charge is 2.28. The first-order valence-corrected chi connectivity index (χ1v) is 10.6. The molecule has 2 aromatic carbocycles. The Balaban J connectivity index is 1.79. The molecule has 1 N–H and O–H groups in total. The Bertz CT molecular complexity index is 1010. The van der Waals surface area contributed by atoms with Gasteiger partial charge in [0.05, 0.1) is 21.2 Å². The molecule has 1 heterocycles. The topological polar surface area (TPSA) is 69.7 Å². The second-order valence-corrected chi connectivity index (χ2v) is 9.21. The lowest BCUT2D eigenvalue weighted by molar-refractivity contribution is 0.102. The number of carbonyl (C=O) groups excluding carboxylic acids is 1. The Hall–Kier alpha value is -1.71. The van der Waals surface area contributed by atoms with Gasteiger partial charge in [0.1, 0.15) is 5.82 Å². The Morgan fingerprint density at radius 2 is 1.75 bits per heavy atom. The van der Waals surface area contributed by atoms with Crippen molar-refractivity contribution in [2.75, 3.05) is 38.5 Å². The molecule has 1 fully saturated rings. The van der Waals surface area contributed by atoms with E-state index in [4.69, 9.17) is 23.2 Å². The number of carbonyl (C=O) groups is 1. The maximum atomic E-state index is 14.5. The van der Waals surface area contributed by atoms with E-state index in [-0.39, 0.29) is 21.2 Å². The molecule has 0 unspecified atom stereocenters. The van der Waals surface area contributed by atoms with Crippen molar-refractivity contribution < 1.29 is 17.6 Å². The number of benzene rings is 2. The number of likely N-dealkylation sites (N-methyl/N-ethyl adjacent to an activating group) is 1. The Morgan fingerprint density at radius 3 is 2.36 bits per heavy atom. The number of piperazine rings is 1. The summed E-state index contributed by atoms with van der Waals surface area (Å²) in [4.78, 5) is 14.2. The standard InChI is InChI=1S/C18H18Cl2FN3O3S/c1-23-6-8-24(9-7-23)28(26,27)13-3-5-17(16(21)11-13)22-18(25)14-4-2-12(19)10-15(14)20/h2-5,10-11H,6-9H2,1H3,(H,22,25). The van der Waals surface area contributed by atoms with Crippen LogP contribution in [0.2, 0.25) is 10.0 Å². The molecule has 0 saturated carbocycles. The van der Waals surface area contributed by atoms with Crippen LogP contribution in [0, 0.1) is 5.82 Å². The van der Waals surface area contributed by atoms with Gasteiger partial charge in [0.2, 0.25) is 10.0 Å². The Kier molecular flexibility index (Phi) is 6.26. The number of sulfonamides is 1. The number of rotatable bonds is 4. The molecule has 1 amide bonds. The van der Waals surface area contributed by atoms with Gasteiger partial charge in [0, 0.05) is 31.2 Å². The molecule has 0 aromatic heterocycles. The molecule has 1 aliphatic rings. The van der Waals surface area contributed by atoms with Gasteiger partial charge in [0.25, 0.3) is 5.91 Å². The second-order valence-electron chi connectivity index (χ2n) is 6.43. The Morgan fingerprint density at radius 1 is 1.07 bits per heavy atom. The summed E-state index contributed by atoms with van der Waals surface area (Å²) in [5, 5.41) is 2.89. The quantitative estimate of drug-likeness (QED) is 0.783. The van der Waals surface area contributed by atoms with Crippen LogP contribution >= 0.6 is 23.2 Å². The van der Waals surface area contributed by atoms with Crippen molar-refractivity contribution in [3.8, 4) is 0 Å². The third-order valence-electron chi connectivity index (χ3n) is 4.46. The number of nitrogens with zero attached hydrogens (tertiary/aromatic N) is 2. The van der Waals surface area contributed by atoms with Gasteiger partial charge < -0.3 is 10.2 Å². The maximum absolute atomic E-state index is 14.5. The SMILES string of the molecule is CN1CCN(S(=O)(=O)c2ccc(NC(=O)c3ccc(Cl)cc3Cl)c(F)c2)CC1. The average Bonchev–Trinajstić information content (AvgIpc) is 2.63. The summed E-state index contributed by atoms with van der Waals surface area (Å²) in [5.74, 6) is -1.48. The molecule has 10 heteroatoms. The van der Waals surface area contributed by atoms with E-state index in [0.29, 0.717) is 31.2 Å². The third-order valence-corrected chi connectivity index (χ3v) is 6.91. The van der Waals surface area contributed by atoms with Crippen LogP contribution < -0.4 is 5.32 Å². The summed E-state index contributed by atoms with van der Waals surface area (Å²) in [7, 11) is -1.89. The molecule has 0 atom stereocenters. The van der Waals surface area contributed by atoms with Crippen molar-refractivity contribution in [1.82, 2.24) is 9.21 Å². The Labute approximate surface area is 172 Å². The summed E-state index contributed by atoms with van der Waals surface area (Å²) >= 11 is 11.8. The average molecular weight is 446 g/mol. The molecular weight excluding hydrogens is 428 g/mol. The van der Waals surface area contributed by atoms with E-state index in [9.17, 15) is 17.6 Å². The predicted octanol–water partition coefficient (Wildman–Crippen LogP) is 3.32. The zero-order chi connectivity index (χ0) is 20.5. The monoisotopic (exact) mass is 445 g/mol. The summed E-state index contributed by atoms with van der Waals surface area (Å²) in [6.45, 7) is 1.90. The third kappa shape index (κ3) is 4.47. The van der Waals surface area contributed by atoms with Crippen molar-refractivity contribution in [1.29, 1.82) is 0 Å². The first-order chi connectivity index (χ1) is 13.2. The second kappa shape index (κ2) is 8.34. The van der Waals surface area contributed by atoms with Crippen molar-refractivity contribution in [3.05, 3.63) is 57.8 Å². The van der Waals surface area contributed by atoms with E-state index in [0.717, 1.165) is 6.07 Å². The van der Waals surface area contributed by atoms with Gasteiger partial charge in [-0.2, -0.15) is 4.31 Å². The fraction of sp³-hybridized carbons (Fsp3) is 0.278. The largest absolute Gasteiger partial charge is 0.319 e. The lowest BCUT2D eigenvalue weighted by Gasteiger charge is -2.31. The van der Waals surface area contributed by atoms with E-state index in [1.807, 2.05) is 11.9 Å². The molecule has 2 aromatic rings. The van der Waals surface area contributed by atoms with Crippen molar-refractivity contribution in [3.63, 3.8) is 0 Å². The zero-order valence-corrected chi connectivity index (χ0v) is 17.3. The van der Waals surface area contributed by atoms with Crippen LogP contribution in [0.5, 0.6) is 0 Å². The minimum Gasteiger partial charge on any atom is -0.319 e. The molecule has 0 aliphatic carbocycles. The van der Waals surface area contributed by atoms with Crippen LogP contribution in [0.4, 0.5) is 10.1 Å². The first kappa shape index (κ1) is 21.0. The molecule has 6 nitrogen and oxygen atoms in total. The van der Waals surface area contributed by atoms with Gasteiger partial charge in [0.15, 0.2) is 0 Å². The fourth-order valence-electron chi connectivity index (χ4n) is 2.80. The van der Waals surface area contributed by atoms with Gasteiger partial charge in [-0.25, -0.2) is 12.8 Å². The molecule has 3 rings (SSSR count). The number of hydrogen-bond acceptors (Lipinski definition) is 4. The molecule has 1 aliphatic heterocycles. The smallest absolute Gasteiger partial charge is 0.257 e. The molecule has 0 radical (unpaired) electrons. The highest BCUT2D eigenvalue weighted by molar-refractivity contribution is 7.89. The van der Waals surface area contributed by atoms with Crippen LogP contribution in [0.3, 0.4) is 0 Å². The van der Waals surface area contributed by atoms with Crippen LogP contribution in [-0.2, 0) is 10.0 Å². The van der Waals surface area contributed by atoms with E-state index in [2.05, 4.69) is 5.32 Å². The fourth-order valence-corrected chi connectivity index (χ4v) is 4.73. The van der Waals surface area contributed by atoms with E-state index in [1.54, 1.807) is 0 Å². The molecule has 150 valence electrons. The highest BCUT2D eigenvalue weighted by atomic mass is 35.5. The van der Waals surface area contributed by atoms with Gasteiger partial charge in [-0.05, 0) is 43.4 Å². The number of hydrogen-bond donors (Lipinski definition) is 1. The van der Waals surface area contributed by atoms with Crippen LogP contribution in [-0.4, -0.2) is 56.8 Å². The molecule has 0 spiro atoms. The number of halogens is 3. The first-order valence-electron chi connectivity index (χ1n) is 8.43. The van der Waals surface area contributed by atoms with Crippen molar-refractivity contribution in [2.24, 2.45) is 0 Å². The summed E-state index contributed by atoms with van der Waals surface area (Å²) < 4.78 is 41.2. The lowest BCUT2D eigenvalue weighted by Crippen LogP contribution is -2.47. The summed E-state index contributed by atoms with van der Waals surface area (Å²) in [6, 6.07) is 7.72. The number of nitrogens with one attached hydrogen (secondary N) is 1. The highest BCUT2D eigenvalue weighted by Crippen LogP contribution is 2.25. The molecule has 0 bridgehead atoms. The van der Waals surface area contributed by atoms with Crippen LogP contribution in [0.15, 0.2) is 41.3 Å². The molecule has 1 saturated heterocycles. The zero-order valence-electron chi connectivity index (χ0n) is 15.0. The van der Waals surface area contributed by atoms with Gasteiger partial charge >= 0.3 is 0 Å². The number of amides is 1. The maximum Gasteiger partial charge on any atom is 0.257 e. The van der Waals surface area contributed by atoms with E-state index >= 15 is 0 Å². The van der Waals surface area contributed by atoms with Gasteiger partial charge in [-0.15, -0.1) is 0 Å². The summed E-state index contributed by atoms with van der Waals surface area (Å²) in [6.07, 6.45) is 0. The van der Waals surface area contributed by atoms with Crippen molar-refractivity contribution in [2.45, 2.75) is 4.90 Å². The van der Waals surface area contributed by atoms with Crippen LogP contribution in [0.1, 0.15) is 10.4 Å². The predicted molar refractivity (Wildman–Crippen MR) is 107 cm³/mol.